The molecule has 0 bridgehead atoms. The van der Waals surface area contributed by atoms with Crippen LogP contribution in [0, 0.1) is 0 Å². The van der Waals surface area contributed by atoms with E-state index in [-0.39, 0.29) is 10.9 Å². The molecule has 0 unspecified atom stereocenters. The molecule has 1 heterocycles. The van der Waals surface area contributed by atoms with E-state index < -0.39 is 16.1 Å². The van der Waals surface area contributed by atoms with Gasteiger partial charge in [-0.1, -0.05) is 39.3 Å². The normalized spacial score (nSPS) is 20.5. The first-order valence-corrected chi connectivity index (χ1v) is 13.4. The lowest BCUT2D eigenvalue weighted by atomic mass is 10.4. The molecule has 1 amide bonds. The fraction of sp³-hybridized carbons (Fsp3) is 0.917. The van der Waals surface area contributed by atoms with E-state index in [2.05, 4.69) is 44.2 Å². The second kappa shape index (κ2) is 4.42. The number of carbonyl (C=O) groups excluding carboxylic acids is 1. The molecule has 0 aromatic carbocycles. The van der Waals surface area contributed by atoms with Gasteiger partial charge in [-0.2, -0.15) is 0 Å². The van der Waals surface area contributed by atoms with E-state index in [0.717, 1.165) is 13.0 Å². The highest BCUT2D eigenvalue weighted by Gasteiger charge is 2.59. The standard InChI is InChI=1S/C12H27NO2Si2/c1-15-11(14)13-10-8-9-12(13,16(2,3)4)17(5,6)7/h8-10H2,1-7H3. The Morgan fingerprint density at radius 2 is 1.59 bits per heavy atom. The molecule has 1 aliphatic heterocycles. The topological polar surface area (TPSA) is 29.5 Å². The highest BCUT2D eigenvalue weighted by Crippen LogP contribution is 2.44. The second-order valence-electron chi connectivity index (χ2n) is 7.09. The minimum Gasteiger partial charge on any atom is -0.453 e. The van der Waals surface area contributed by atoms with E-state index in [1.807, 2.05) is 0 Å². The van der Waals surface area contributed by atoms with Gasteiger partial charge in [-0.15, -0.1) is 0 Å². The third kappa shape index (κ3) is 2.19. The van der Waals surface area contributed by atoms with Crippen LogP contribution in [0.4, 0.5) is 4.79 Å². The lowest BCUT2D eigenvalue weighted by Gasteiger charge is -2.54. The summed E-state index contributed by atoms with van der Waals surface area (Å²) in [6.45, 7) is 15.2. The van der Waals surface area contributed by atoms with Gasteiger partial charge in [-0.05, 0) is 12.8 Å². The van der Waals surface area contributed by atoms with Gasteiger partial charge in [0, 0.05) is 11.3 Å². The smallest absolute Gasteiger partial charge is 0.409 e. The van der Waals surface area contributed by atoms with Gasteiger partial charge in [0.25, 0.3) is 0 Å². The van der Waals surface area contributed by atoms with Crippen molar-refractivity contribution in [3.8, 4) is 0 Å². The molecule has 0 N–H and O–H groups in total. The van der Waals surface area contributed by atoms with Crippen LogP contribution in [0.25, 0.3) is 0 Å². The zero-order chi connectivity index (χ0) is 13.5. The van der Waals surface area contributed by atoms with E-state index in [4.69, 9.17) is 4.74 Å². The van der Waals surface area contributed by atoms with Gasteiger partial charge >= 0.3 is 6.09 Å². The highest BCUT2D eigenvalue weighted by atomic mass is 28.4. The average molecular weight is 274 g/mol. The average Bonchev–Trinajstić information content (AvgIpc) is 2.59. The van der Waals surface area contributed by atoms with E-state index in [0.29, 0.717) is 0 Å². The van der Waals surface area contributed by atoms with Crippen molar-refractivity contribution in [3.63, 3.8) is 0 Å². The van der Waals surface area contributed by atoms with Crippen molar-refractivity contribution in [1.29, 1.82) is 0 Å². The van der Waals surface area contributed by atoms with Crippen LogP contribution in [0.15, 0.2) is 0 Å². The SMILES string of the molecule is COC(=O)N1CCCC1([Si](C)(C)C)[Si](C)(C)C. The number of methoxy groups -OCH3 is 1. The van der Waals surface area contributed by atoms with Gasteiger partial charge in [0.2, 0.25) is 0 Å². The van der Waals surface area contributed by atoms with Crippen molar-refractivity contribution < 1.29 is 9.53 Å². The number of rotatable bonds is 2. The first kappa shape index (κ1) is 14.8. The van der Waals surface area contributed by atoms with Gasteiger partial charge in [0.1, 0.15) is 0 Å². The van der Waals surface area contributed by atoms with E-state index in [9.17, 15) is 4.79 Å². The van der Waals surface area contributed by atoms with E-state index >= 15 is 0 Å². The molecule has 17 heavy (non-hydrogen) atoms. The molecule has 0 radical (unpaired) electrons. The number of carbonyl (C=O) groups is 1. The summed E-state index contributed by atoms with van der Waals surface area (Å²) in [4.78, 5) is 14.3. The Morgan fingerprint density at radius 1 is 1.12 bits per heavy atom. The molecule has 100 valence electrons. The Balaban J connectivity index is 3.28. The lowest BCUT2D eigenvalue weighted by molar-refractivity contribution is 0.120. The monoisotopic (exact) mass is 273 g/mol. The van der Waals surface area contributed by atoms with Crippen molar-refractivity contribution in [3.05, 3.63) is 0 Å². The van der Waals surface area contributed by atoms with E-state index in [1.165, 1.54) is 13.5 Å². The molecule has 3 nitrogen and oxygen atoms in total. The van der Waals surface area contributed by atoms with Crippen LogP contribution in [-0.2, 0) is 4.74 Å². The van der Waals surface area contributed by atoms with Crippen molar-refractivity contribution in [2.75, 3.05) is 13.7 Å². The Hall–Kier alpha value is -0.296. The molecule has 1 fully saturated rings. The van der Waals surface area contributed by atoms with Crippen LogP contribution in [0.1, 0.15) is 12.8 Å². The molecule has 0 atom stereocenters. The summed E-state index contributed by atoms with van der Waals surface area (Å²) in [5.74, 6) is 0. The Bertz CT molecular complexity index is 291. The van der Waals surface area contributed by atoms with Gasteiger partial charge in [-0.3, -0.25) is 0 Å². The zero-order valence-electron chi connectivity index (χ0n) is 12.4. The highest BCUT2D eigenvalue weighted by molar-refractivity contribution is 6.99. The molecule has 0 spiro atoms. The molecular weight excluding hydrogens is 246 g/mol. The summed E-state index contributed by atoms with van der Waals surface area (Å²) >= 11 is 0. The van der Waals surface area contributed by atoms with Crippen LogP contribution in [0.3, 0.4) is 0 Å². The Labute approximate surface area is 108 Å². The summed E-state index contributed by atoms with van der Waals surface area (Å²) in [7, 11) is -1.43. The summed E-state index contributed by atoms with van der Waals surface area (Å²) in [5, 5.41) is 0. The van der Waals surface area contributed by atoms with Gasteiger partial charge in [0.15, 0.2) is 0 Å². The zero-order valence-corrected chi connectivity index (χ0v) is 14.4. The third-order valence-electron chi connectivity index (χ3n) is 4.26. The van der Waals surface area contributed by atoms with Crippen LogP contribution in [-0.4, -0.2) is 45.6 Å². The van der Waals surface area contributed by atoms with Gasteiger partial charge in [0.05, 0.1) is 23.3 Å². The van der Waals surface area contributed by atoms with Crippen molar-refractivity contribution in [2.24, 2.45) is 0 Å². The minimum absolute atomic E-state index is 0.118. The first-order chi connectivity index (χ1) is 7.58. The molecular formula is C12H27NO2Si2. The van der Waals surface area contributed by atoms with Gasteiger partial charge < -0.3 is 9.64 Å². The number of hydrogen-bond donors (Lipinski definition) is 0. The molecule has 0 saturated carbocycles. The maximum absolute atomic E-state index is 12.1. The predicted octanol–water partition coefficient (Wildman–Crippen LogP) is 3.34. The maximum Gasteiger partial charge on any atom is 0.409 e. The van der Waals surface area contributed by atoms with Gasteiger partial charge in [-0.25, -0.2) is 4.79 Å². The summed E-state index contributed by atoms with van der Waals surface area (Å²) in [6.07, 6.45) is 2.18. The Morgan fingerprint density at radius 3 is 1.94 bits per heavy atom. The molecule has 1 aliphatic rings. The van der Waals surface area contributed by atoms with Crippen molar-refractivity contribution >= 4 is 22.2 Å². The van der Waals surface area contributed by atoms with Crippen LogP contribution in [0.5, 0.6) is 0 Å². The first-order valence-electron chi connectivity index (χ1n) is 6.43. The minimum atomic E-state index is -1.47. The quantitative estimate of drug-likeness (QED) is 0.722. The molecule has 5 heteroatoms. The summed E-state index contributed by atoms with van der Waals surface area (Å²) in [5.41, 5.74) is 0. The summed E-state index contributed by atoms with van der Waals surface area (Å²) in [6, 6.07) is 0. The number of likely N-dealkylation sites (tertiary alicyclic amines) is 1. The molecule has 0 aromatic rings. The van der Waals surface area contributed by atoms with E-state index in [1.54, 1.807) is 0 Å². The molecule has 1 rings (SSSR count). The van der Waals surface area contributed by atoms with Crippen molar-refractivity contribution in [2.45, 2.75) is 56.9 Å². The molecule has 0 aliphatic carbocycles. The fourth-order valence-corrected chi connectivity index (χ4v) is 16.7. The number of amides is 1. The maximum atomic E-state index is 12.1. The third-order valence-corrected chi connectivity index (χ3v) is 14.8. The number of ether oxygens (including phenoxy) is 1. The second-order valence-corrected chi connectivity index (χ2v) is 18.2. The number of hydrogen-bond acceptors (Lipinski definition) is 2. The van der Waals surface area contributed by atoms with Crippen LogP contribution in [0.2, 0.25) is 39.3 Å². The van der Waals surface area contributed by atoms with Crippen LogP contribution >= 0.6 is 0 Å². The number of nitrogens with zero attached hydrogens (tertiary/aromatic N) is 1. The predicted molar refractivity (Wildman–Crippen MR) is 77.8 cm³/mol. The molecule has 1 saturated heterocycles. The molecule has 0 aromatic heterocycles. The van der Waals surface area contributed by atoms with Crippen molar-refractivity contribution in [1.82, 2.24) is 4.90 Å². The summed E-state index contributed by atoms with van der Waals surface area (Å²) < 4.78 is 5.01. The largest absolute Gasteiger partial charge is 0.453 e. The van der Waals surface area contributed by atoms with Crippen LogP contribution < -0.4 is 0 Å². The fourth-order valence-electron chi connectivity index (χ4n) is 3.86. The lowest BCUT2D eigenvalue weighted by Crippen LogP contribution is -2.73. The Kier molecular flexibility index (Phi) is 3.84.